The molecule has 1 saturated heterocycles. The molecule has 1 aromatic carbocycles. The fourth-order valence-electron chi connectivity index (χ4n) is 2.41. The van der Waals surface area contributed by atoms with Crippen LogP contribution in [0.5, 0.6) is 0 Å². The van der Waals surface area contributed by atoms with Gasteiger partial charge in [0.15, 0.2) is 0 Å². The fraction of sp³-hybridized carbons (Fsp3) is 0.600. The van der Waals surface area contributed by atoms with Crippen LogP contribution in [0.4, 0.5) is 5.69 Å². The molecular formula is C15H24N2O. The van der Waals surface area contributed by atoms with Crippen molar-refractivity contribution in [3.8, 4) is 0 Å². The molecule has 1 aromatic rings. The zero-order chi connectivity index (χ0) is 12.8. The third kappa shape index (κ3) is 3.24. The van der Waals surface area contributed by atoms with E-state index in [0.29, 0.717) is 6.10 Å². The monoisotopic (exact) mass is 248 g/mol. The van der Waals surface area contributed by atoms with Gasteiger partial charge in [0.2, 0.25) is 0 Å². The smallest absolute Gasteiger partial charge is 0.0748 e. The minimum atomic E-state index is 0.381. The van der Waals surface area contributed by atoms with Crippen LogP contribution < -0.4 is 10.2 Å². The Morgan fingerprint density at radius 2 is 2.17 bits per heavy atom. The topological polar surface area (TPSA) is 24.5 Å². The molecule has 3 heteroatoms. The lowest BCUT2D eigenvalue weighted by Crippen LogP contribution is -2.42. The lowest BCUT2D eigenvalue weighted by molar-refractivity contribution is 0.0384. The highest BCUT2D eigenvalue weighted by atomic mass is 16.5. The van der Waals surface area contributed by atoms with Gasteiger partial charge in [0.25, 0.3) is 0 Å². The van der Waals surface area contributed by atoms with Crippen molar-refractivity contribution >= 4 is 5.69 Å². The summed E-state index contributed by atoms with van der Waals surface area (Å²) in [5.41, 5.74) is 2.75. The number of hydrogen-bond donors (Lipinski definition) is 1. The fourth-order valence-corrected chi connectivity index (χ4v) is 2.41. The normalized spacial score (nSPS) is 20.1. The number of rotatable bonds is 5. The average Bonchev–Trinajstić information content (AvgIpc) is 2.45. The summed E-state index contributed by atoms with van der Waals surface area (Å²) in [6.45, 7) is 9.15. The highest BCUT2D eigenvalue weighted by molar-refractivity contribution is 5.54. The quantitative estimate of drug-likeness (QED) is 0.866. The van der Waals surface area contributed by atoms with Crippen molar-refractivity contribution < 1.29 is 4.74 Å². The van der Waals surface area contributed by atoms with E-state index in [2.05, 4.69) is 48.3 Å². The molecule has 2 rings (SSSR count). The lowest BCUT2D eigenvalue weighted by Gasteiger charge is -2.35. The summed E-state index contributed by atoms with van der Waals surface area (Å²) in [4.78, 5) is 2.46. The number of nitrogens with zero attached hydrogens (tertiary/aromatic N) is 1. The molecule has 1 aliphatic heterocycles. The molecule has 0 aliphatic carbocycles. The van der Waals surface area contributed by atoms with E-state index in [0.717, 1.165) is 39.2 Å². The van der Waals surface area contributed by atoms with Crippen LogP contribution in [0.15, 0.2) is 24.3 Å². The average molecular weight is 248 g/mol. The first-order valence-electron chi connectivity index (χ1n) is 7.00. The van der Waals surface area contributed by atoms with Crippen LogP contribution in [0.2, 0.25) is 0 Å². The maximum atomic E-state index is 5.74. The maximum absolute atomic E-state index is 5.74. The van der Waals surface area contributed by atoms with Crippen LogP contribution in [0.1, 0.15) is 25.8 Å². The third-order valence-corrected chi connectivity index (χ3v) is 3.49. The second-order valence-electron chi connectivity index (χ2n) is 4.76. The van der Waals surface area contributed by atoms with Crippen molar-refractivity contribution in [2.45, 2.75) is 32.9 Å². The van der Waals surface area contributed by atoms with Crippen molar-refractivity contribution in [2.24, 2.45) is 0 Å². The minimum Gasteiger partial charge on any atom is -0.375 e. The Labute approximate surface area is 110 Å². The molecule has 0 bridgehead atoms. The maximum Gasteiger partial charge on any atom is 0.0748 e. The molecule has 1 heterocycles. The molecule has 1 fully saturated rings. The molecule has 1 aliphatic rings. The summed E-state index contributed by atoms with van der Waals surface area (Å²) in [6.07, 6.45) is 1.47. The predicted molar refractivity (Wildman–Crippen MR) is 76.1 cm³/mol. The van der Waals surface area contributed by atoms with Crippen molar-refractivity contribution in [3.63, 3.8) is 0 Å². The summed E-state index contributed by atoms with van der Waals surface area (Å²) in [5.74, 6) is 0. The SMILES string of the molecule is CCNCc1ccccc1N1CCOC(CC)C1. The van der Waals surface area contributed by atoms with Crippen LogP contribution in [0.25, 0.3) is 0 Å². The molecule has 18 heavy (non-hydrogen) atoms. The molecule has 0 aromatic heterocycles. The van der Waals surface area contributed by atoms with E-state index in [1.807, 2.05) is 0 Å². The van der Waals surface area contributed by atoms with Gasteiger partial charge in [-0.15, -0.1) is 0 Å². The van der Waals surface area contributed by atoms with E-state index in [9.17, 15) is 0 Å². The number of ether oxygens (including phenoxy) is 1. The molecule has 3 nitrogen and oxygen atoms in total. The Morgan fingerprint density at radius 3 is 2.94 bits per heavy atom. The Bertz CT molecular complexity index is 367. The summed E-state index contributed by atoms with van der Waals surface area (Å²) in [7, 11) is 0. The van der Waals surface area contributed by atoms with Crippen LogP contribution in [-0.4, -0.2) is 32.3 Å². The zero-order valence-electron chi connectivity index (χ0n) is 11.5. The molecule has 1 unspecified atom stereocenters. The highest BCUT2D eigenvalue weighted by Gasteiger charge is 2.20. The Balaban J connectivity index is 2.11. The van der Waals surface area contributed by atoms with Crippen molar-refractivity contribution in [2.75, 3.05) is 31.1 Å². The van der Waals surface area contributed by atoms with Crippen LogP contribution >= 0.6 is 0 Å². The van der Waals surface area contributed by atoms with Crippen molar-refractivity contribution in [1.82, 2.24) is 5.32 Å². The second kappa shape index (κ2) is 6.76. The first kappa shape index (κ1) is 13.4. The molecule has 100 valence electrons. The van der Waals surface area contributed by atoms with Gasteiger partial charge < -0.3 is 15.0 Å². The molecule has 0 saturated carbocycles. The third-order valence-electron chi connectivity index (χ3n) is 3.49. The largest absolute Gasteiger partial charge is 0.375 e. The van der Waals surface area contributed by atoms with Gasteiger partial charge in [0, 0.05) is 25.3 Å². The van der Waals surface area contributed by atoms with Gasteiger partial charge in [0.05, 0.1) is 12.7 Å². The summed E-state index contributed by atoms with van der Waals surface area (Å²) < 4.78 is 5.74. The van der Waals surface area contributed by atoms with Gasteiger partial charge in [-0.05, 0) is 24.6 Å². The Kier molecular flexibility index (Phi) is 5.02. The van der Waals surface area contributed by atoms with Gasteiger partial charge in [-0.2, -0.15) is 0 Å². The van der Waals surface area contributed by atoms with E-state index in [1.165, 1.54) is 11.3 Å². The predicted octanol–water partition coefficient (Wildman–Crippen LogP) is 2.41. The number of hydrogen-bond acceptors (Lipinski definition) is 3. The van der Waals surface area contributed by atoms with Gasteiger partial charge in [-0.3, -0.25) is 0 Å². The van der Waals surface area contributed by atoms with Crippen molar-refractivity contribution in [1.29, 1.82) is 0 Å². The lowest BCUT2D eigenvalue weighted by atomic mass is 10.1. The summed E-state index contributed by atoms with van der Waals surface area (Å²) in [5, 5.41) is 3.41. The van der Waals surface area contributed by atoms with E-state index in [-0.39, 0.29) is 0 Å². The molecule has 0 spiro atoms. The van der Waals surface area contributed by atoms with Crippen LogP contribution in [-0.2, 0) is 11.3 Å². The van der Waals surface area contributed by atoms with Crippen molar-refractivity contribution in [3.05, 3.63) is 29.8 Å². The number of benzene rings is 1. The second-order valence-corrected chi connectivity index (χ2v) is 4.76. The van der Waals surface area contributed by atoms with E-state index in [1.54, 1.807) is 0 Å². The standard InChI is InChI=1S/C15H24N2O/c1-3-14-12-17(9-10-18-14)15-8-6-5-7-13(15)11-16-4-2/h5-8,14,16H,3-4,9-12H2,1-2H3. The van der Waals surface area contributed by atoms with E-state index < -0.39 is 0 Å². The summed E-state index contributed by atoms with van der Waals surface area (Å²) >= 11 is 0. The first-order valence-corrected chi connectivity index (χ1v) is 7.00. The van der Waals surface area contributed by atoms with Gasteiger partial charge in [-0.1, -0.05) is 32.0 Å². The van der Waals surface area contributed by atoms with Gasteiger partial charge in [-0.25, -0.2) is 0 Å². The number of nitrogens with one attached hydrogen (secondary N) is 1. The molecular weight excluding hydrogens is 224 g/mol. The first-order chi connectivity index (χ1) is 8.85. The van der Waals surface area contributed by atoms with Crippen LogP contribution in [0, 0.1) is 0 Å². The van der Waals surface area contributed by atoms with Crippen LogP contribution in [0.3, 0.4) is 0 Å². The molecule has 1 atom stereocenters. The molecule has 0 amide bonds. The minimum absolute atomic E-state index is 0.381. The highest BCUT2D eigenvalue weighted by Crippen LogP contribution is 2.23. The Hall–Kier alpha value is -1.06. The molecule has 0 radical (unpaired) electrons. The van der Waals surface area contributed by atoms with Gasteiger partial charge in [0.1, 0.15) is 0 Å². The van der Waals surface area contributed by atoms with E-state index in [4.69, 9.17) is 4.74 Å². The Morgan fingerprint density at radius 1 is 1.33 bits per heavy atom. The summed E-state index contributed by atoms with van der Waals surface area (Å²) in [6, 6.07) is 8.69. The zero-order valence-corrected chi connectivity index (χ0v) is 11.5. The van der Waals surface area contributed by atoms with E-state index >= 15 is 0 Å². The van der Waals surface area contributed by atoms with Gasteiger partial charge >= 0.3 is 0 Å². The number of morpholine rings is 1. The number of para-hydroxylation sites is 1. The number of anilines is 1. The molecule has 1 N–H and O–H groups in total.